The third-order valence-electron chi connectivity index (χ3n) is 4.03. The maximum Gasteiger partial charge on any atom is 0.354 e. The Balaban J connectivity index is 1.70. The van der Waals surface area contributed by atoms with Crippen LogP contribution in [-0.2, 0) is 0 Å². The van der Waals surface area contributed by atoms with E-state index in [1.54, 1.807) is 0 Å². The largest absolute Gasteiger partial charge is 0.354 e. The van der Waals surface area contributed by atoms with Gasteiger partial charge < -0.3 is 10.6 Å². The van der Waals surface area contributed by atoms with Crippen LogP contribution >= 0.6 is 22.7 Å². The van der Waals surface area contributed by atoms with E-state index in [1.807, 2.05) is 39.0 Å². The average Bonchev–Trinajstić information content (AvgIpc) is 3.16. The van der Waals surface area contributed by atoms with Gasteiger partial charge in [0.25, 0.3) is 0 Å². The Morgan fingerprint density at radius 1 is 1.00 bits per heavy atom. The molecule has 2 N–H and O–H groups in total. The van der Waals surface area contributed by atoms with Crippen molar-refractivity contribution in [2.24, 2.45) is 0 Å². The van der Waals surface area contributed by atoms with E-state index >= 15 is 0 Å². The van der Waals surface area contributed by atoms with E-state index in [2.05, 4.69) is 30.6 Å². The molecule has 9 nitrogen and oxygen atoms in total. The van der Waals surface area contributed by atoms with Crippen LogP contribution in [0.3, 0.4) is 0 Å². The fraction of sp³-hybridized carbons (Fsp3) is 0.176. The molecular weight excluding hydrogens is 398 g/mol. The second kappa shape index (κ2) is 7.09. The number of rotatable bonds is 5. The Labute approximate surface area is 167 Å². The molecule has 0 fully saturated rings. The number of nitrogens with zero attached hydrogens (tertiary/aromatic N) is 5. The van der Waals surface area contributed by atoms with Gasteiger partial charge in [-0.1, -0.05) is 17.4 Å². The molecule has 4 rings (SSSR count). The van der Waals surface area contributed by atoms with Crippen molar-refractivity contribution in [3.8, 4) is 0 Å². The molecule has 28 heavy (non-hydrogen) atoms. The minimum absolute atomic E-state index is 0.0725. The highest BCUT2D eigenvalue weighted by atomic mass is 32.1. The lowest BCUT2D eigenvalue weighted by Gasteiger charge is -2.06. The molecule has 3 aromatic heterocycles. The maximum absolute atomic E-state index is 11.7. The van der Waals surface area contributed by atoms with Crippen LogP contribution in [0.5, 0.6) is 0 Å². The fourth-order valence-corrected chi connectivity index (χ4v) is 4.33. The smallest absolute Gasteiger partial charge is 0.310 e. The van der Waals surface area contributed by atoms with Crippen molar-refractivity contribution in [3.63, 3.8) is 0 Å². The van der Waals surface area contributed by atoms with Crippen molar-refractivity contribution in [1.82, 2.24) is 19.9 Å². The molecule has 0 unspecified atom stereocenters. The van der Waals surface area contributed by atoms with E-state index < -0.39 is 4.92 Å². The summed E-state index contributed by atoms with van der Waals surface area (Å²) in [6.45, 7) is 5.82. The lowest BCUT2D eigenvalue weighted by molar-refractivity contribution is -0.383. The highest BCUT2D eigenvalue weighted by molar-refractivity contribution is 7.22. The number of hydrogen-bond donors (Lipinski definition) is 2. The molecule has 0 saturated heterocycles. The second-order valence-electron chi connectivity index (χ2n) is 6.08. The third-order valence-corrected chi connectivity index (χ3v) is 5.95. The number of fused-ring (bicyclic) bond motifs is 1. The van der Waals surface area contributed by atoms with Crippen LogP contribution in [-0.4, -0.2) is 24.9 Å². The summed E-state index contributed by atoms with van der Waals surface area (Å²) in [5, 5.41) is 18.7. The van der Waals surface area contributed by atoms with Crippen LogP contribution < -0.4 is 10.6 Å². The molecule has 1 aromatic carbocycles. The topological polar surface area (TPSA) is 119 Å². The average molecular weight is 413 g/mol. The van der Waals surface area contributed by atoms with Crippen LogP contribution in [0.2, 0.25) is 0 Å². The normalized spacial score (nSPS) is 11.0. The Bertz CT molecular complexity index is 1180. The van der Waals surface area contributed by atoms with E-state index in [0.29, 0.717) is 10.3 Å². The number of aryl methyl sites for hydroxylation is 3. The van der Waals surface area contributed by atoms with Crippen LogP contribution in [0, 0.1) is 30.9 Å². The fourth-order valence-electron chi connectivity index (χ4n) is 2.55. The zero-order chi connectivity index (χ0) is 19.8. The summed E-state index contributed by atoms with van der Waals surface area (Å²) in [5.41, 5.74) is 2.55. The summed E-state index contributed by atoms with van der Waals surface area (Å²) >= 11 is 2.81. The van der Waals surface area contributed by atoms with Gasteiger partial charge in [-0.2, -0.15) is 0 Å². The van der Waals surface area contributed by atoms with Gasteiger partial charge in [-0.25, -0.2) is 19.9 Å². The molecule has 0 atom stereocenters. The molecule has 0 bridgehead atoms. The molecule has 3 heterocycles. The number of nitro groups is 1. The minimum Gasteiger partial charge on any atom is -0.310 e. The van der Waals surface area contributed by atoms with Crippen LogP contribution in [0.4, 0.5) is 27.6 Å². The van der Waals surface area contributed by atoms with Gasteiger partial charge in [0.2, 0.25) is 11.6 Å². The molecule has 0 aliphatic carbocycles. The molecule has 0 radical (unpaired) electrons. The number of thiazole rings is 2. The van der Waals surface area contributed by atoms with E-state index in [9.17, 15) is 10.1 Å². The number of hydrogen-bond acceptors (Lipinski definition) is 10. The zero-order valence-electron chi connectivity index (χ0n) is 15.2. The molecule has 0 saturated carbocycles. The summed E-state index contributed by atoms with van der Waals surface area (Å²) in [6, 6.07) is 5.91. The summed E-state index contributed by atoms with van der Waals surface area (Å²) in [5.74, 6) is 0.150. The van der Waals surface area contributed by atoms with E-state index in [0.717, 1.165) is 26.4 Å². The Morgan fingerprint density at radius 3 is 2.29 bits per heavy atom. The van der Waals surface area contributed by atoms with Gasteiger partial charge in [-0.05, 0) is 38.5 Å². The highest BCUT2D eigenvalue weighted by Crippen LogP contribution is 2.36. The van der Waals surface area contributed by atoms with Crippen LogP contribution in [0.25, 0.3) is 10.2 Å². The summed E-state index contributed by atoms with van der Waals surface area (Å²) in [7, 11) is 0. The molecular formula is C17H15N7O2S2. The highest BCUT2D eigenvalue weighted by Gasteiger charge is 2.25. The second-order valence-corrected chi connectivity index (χ2v) is 8.31. The van der Waals surface area contributed by atoms with Gasteiger partial charge in [0.05, 0.1) is 20.8 Å². The number of anilines is 4. The first-order valence-electron chi connectivity index (χ1n) is 8.25. The van der Waals surface area contributed by atoms with Crippen molar-refractivity contribution in [2.45, 2.75) is 20.8 Å². The van der Waals surface area contributed by atoms with E-state index in [4.69, 9.17) is 0 Å². The van der Waals surface area contributed by atoms with Gasteiger partial charge in [-0.3, -0.25) is 10.1 Å². The molecule has 0 spiro atoms. The first-order valence-corrected chi connectivity index (χ1v) is 9.88. The molecule has 0 aliphatic heterocycles. The predicted molar refractivity (Wildman–Crippen MR) is 111 cm³/mol. The van der Waals surface area contributed by atoms with Crippen molar-refractivity contribution in [2.75, 3.05) is 10.6 Å². The van der Waals surface area contributed by atoms with Crippen LogP contribution in [0.1, 0.15) is 16.1 Å². The minimum atomic E-state index is -0.518. The lowest BCUT2D eigenvalue weighted by Crippen LogP contribution is -2.05. The first kappa shape index (κ1) is 18.2. The molecule has 4 aromatic rings. The standard InChI is InChI=1S/C17H15N7O2S2/c1-8-4-5-11-12(6-8)28-17(21-11)23-15-13(24(25)26)14(18-7-19-15)22-16-20-9(2)10(3)27-16/h4-7H,1-3H3,(H2,18,19,20,21,22,23). The third kappa shape index (κ3) is 3.49. The van der Waals surface area contributed by atoms with Crippen molar-refractivity contribution >= 4 is 60.5 Å². The summed E-state index contributed by atoms with van der Waals surface area (Å²) in [4.78, 5) is 29.1. The Hall–Kier alpha value is -3.18. The quantitative estimate of drug-likeness (QED) is 0.351. The Morgan fingerprint density at radius 2 is 1.68 bits per heavy atom. The number of benzene rings is 1. The SMILES string of the molecule is Cc1ccc2nc(Nc3ncnc(Nc4nc(C)c(C)s4)c3[N+](=O)[O-])sc2c1. The van der Waals surface area contributed by atoms with Gasteiger partial charge in [-0.15, -0.1) is 11.3 Å². The maximum atomic E-state index is 11.7. The van der Waals surface area contributed by atoms with Gasteiger partial charge in [0.1, 0.15) is 6.33 Å². The monoisotopic (exact) mass is 413 g/mol. The van der Waals surface area contributed by atoms with Gasteiger partial charge in [0.15, 0.2) is 10.3 Å². The molecule has 11 heteroatoms. The van der Waals surface area contributed by atoms with Crippen molar-refractivity contribution in [3.05, 3.63) is 50.8 Å². The molecule has 142 valence electrons. The van der Waals surface area contributed by atoms with Crippen LogP contribution in [0.15, 0.2) is 24.5 Å². The van der Waals surface area contributed by atoms with E-state index in [1.165, 1.54) is 29.0 Å². The summed E-state index contributed by atoms with van der Waals surface area (Å²) in [6.07, 6.45) is 1.27. The van der Waals surface area contributed by atoms with Gasteiger partial charge in [0, 0.05) is 4.88 Å². The number of nitrogens with one attached hydrogen (secondary N) is 2. The van der Waals surface area contributed by atoms with E-state index in [-0.39, 0.29) is 17.3 Å². The molecule has 0 aliphatic rings. The lowest BCUT2D eigenvalue weighted by atomic mass is 10.2. The number of aromatic nitrogens is 4. The van der Waals surface area contributed by atoms with Crippen molar-refractivity contribution < 1.29 is 4.92 Å². The first-order chi connectivity index (χ1) is 13.4. The summed E-state index contributed by atoms with van der Waals surface area (Å²) < 4.78 is 0.992. The predicted octanol–water partition coefficient (Wildman–Crippen LogP) is 4.86. The molecule has 0 amide bonds. The van der Waals surface area contributed by atoms with Gasteiger partial charge >= 0.3 is 5.69 Å². The zero-order valence-corrected chi connectivity index (χ0v) is 16.8. The van der Waals surface area contributed by atoms with Crippen molar-refractivity contribution in [1.29, 1.82) is 0 Å². The Kier molecular flexibility index (Phi) is 4.61.